The van der Waals surface area contributed by atoms with Gasteiger partial charge in [-0.15, -0.1) is 0 Å². The third-order valence-corrected chi connectivity index (χ3v) is 11.5. The van der Waals surface area contributed by atoms with Crippen LogP contribution in [0.2, 0.25) is 0 Å². The van der Waals surface area contributed by atoms with Gasteiger partial charge in [-0.2, -0.15) is 0 Å². The molecule has 0 amide bonds. The molecule has 10 aromatic carbocycles. The van der Waals surface area contributed by atoms with Crippen molar-refractivity contribution in [3.8, 4) is 77.9 Å². The molecule has 0 spiro atoms. The van der Waals surface area contributed by atoms with Gasteiger partial charge in [-0.3, -0.25) is 0 Å². The average Bonchev–Trinajstić information content (AvgIpc) is 3.30. The summed E-state index contributed by atoms with van der Waals surface area (Å²) in [5, 5.41) is 4.65. The molecule has 0 heterocycles. The summed E-state index contributed by atoms with van der Waals surface area (Å²) in [6, 6.07) is 77.5. The number of anilines is 2. The Bertz CT molecular complexity index is 3120. The number of fused-ring (bicyclic) bond motifs is 2. The molecular weight excluding hydrogens is 701 g/mol. The number of hydrogen-bond donors (Lipinski definition) is 2. The fourth-order valence-corrected chi connectivity index (χ4v) is 8.87. The Morgan fingerprint density at radius 3 is 1.03 bits per heavy atom. The van der Waals surface area contributed by atoms with Crippen molar-refractivity contribution in [3.05, 3.63) is 218 Å². The maximum Gasteiger partial charge on any atom is 0.0640 e. The summed E-state index contributed by atoms with van der Waals surface area (Å²) in [4.78, 5) is 0. The van der Waals surface area contributed by atoms with Gasteiger partial charge in [0, 0.05) is 22.3 Å². The van der Waals surface area contributed by atoms with Crippen LogP contribution in [0, 0.1) is 0 Å². The van der Waals surface area contributed by atoms with Crippen molar-refractivity contribution in [2.24, 2.45) is 0 Å². The maximum absolute atomic E-state index is 7.65. The minimum Gasteiger partial charge on any atom is -0.397 e. The number of rotatable bonds is 7. The van der Waals surface area contributed by atoms with Crippen LogP contribution < -0.4 is 11.5 Å². The highest BCUT2D eigenvalue weighted by atomic mass is 14.7. The normalized spacial score (nSPS) is 11.2. The first-order chi connectivity index (χ1) is 28.7. The maximum atomic E-state index is 7.65. The fourth-order valence-electron chi connectivity index (χ4n) is 8.87. The third kappa shape index (κ3) is 5.91. The van der Waals surface area contributed by atoms with Gasteiger partial charge >= 0.3 is 0 Å². The summed E-state index contributed by atoms with van der Waals surface area (Å²) in [7, 11) is 0. The summed E-state index contributed by atoms with van der Waals surface area (Å²) < 4.78 is 0. The molecule has 2 nitrogen and oxygen atoms in total. The van der Waals surface area contributed by atoms with E-state index in [9.17, 15) is 0 Å². The highest BCUT2D eigenvalue weighted by Crippen LogP contribution is 2.57. The lowest BCUT2D eigenvalue weighted by Gasteiger charge is -2.28. The minimum absolute atomic E-state index is 0.549. The predicted octanol–water partition coefficient (Wildman–Crippen LogP) is 14.8. The first kappa shape index (κ1) is 34.8. The summed E-state index contributed by atoms with van der Waals surface area (Å²) in [6.45, 7) is 0. The molecule has 0 fully saturated rings. The van der Waals surface area contributed by atoms with Crippen LogP contribution in [-0.4, -0.2) is 0 Å². The van der Waals surface area contributed by atoms with Crippen LogP contribution in [0.4, 0.5) is 11.4 Å². The lowest BCUT2D eigenvalue weighted by Crippen LogP contribution is -2.07. The standard InChI is InChI=1S/C56H40N2/c57-55-53(49-33-15-12-30-44(49)38-21-5-2-6-22-38)51(47-32-14-11-29-42(47)37-19-3-1-4-20-37)52(48-36-18-26-40-24-8-10-28-43(40)48)54(56(55)58)50-34-16-13-31-46(50)45-35-17-25-39-23-7-9-27-41(39)45/h1-36H,57-58H2. The molecule has 0 atom stereocenters. The Hall–Kier alpha value is -7.68. The highest BCUT2D eigenvalue weighted by molar-refractivity contribution is 6.19. The van der Waals surface area contributed by atoms with Gasteiger partial charge in [-0.05, 0) is 77.2 Å². The highest BCUT2D eigenvalue weighted by Gasteiger charge is 2.30. The second-order valence-corrected chi connectivity index (χ2v) is 14.7. The van der Waals surface area contributed by atoms with Gasteiger partial charge in [0.25, 0.3) is 0 Å². The van der Waals surface area contributed by atoms with E-state index in [1.807, 2.05) is 0 Å². The lowest BCUT2D eigenvalue weighted by atomic mass is 9.76. The molecule has 0 aliphatic heterocycles. The van der Waals surface area contributed by atoms with Crippen LogP contribution in [0.5, 0.6) is 0 Å². The molecule has 10 rings (SSSR count). The Morgan fingerprint density at radius 1 is 0.207 bits per heavy atom. The molecule has 0 bridgehead atoms. The van der Waals surface area contributed by atoms with E-state index >= 15 is 0 Å². The summed E-state index contributed by atoms with van der Waals surface area (Å²) in [5.74, 6) is 0. The van der Waals surface area contributed by atoms with Gasteiger partial charge in [0.15, 0.2) is 0 Å². The molecule has 4 N–H and O–H groups in total. The molecule has 0 aliphatic carbocycles. The van der Waals surface area contributed by atoms with Gasteiger partial charge in [0.05, 0.1) is 11.4 Å². The smallest absolute Gasteiger partial charge is 0.0640 e. The molecular formula is C56H40N2. The molecule has 0 saturated heterocycles. The van der Waals surface area contributed by atoms with E-state index in [1.165, 1.54) is 10.8 Å². The Kier molecular flexibility index (Phi) is 8.85. The lowest BCUT2D eigenvalue weighted by molar-refractivity contribution is 1.53. The molecule has 0 radical (unpaired) electrons. The Morgan fingerprint density at radius 2 is 0.517 bits per heavy atom. The van der Waals surface area contributed by atoms with E-state index in [1.54, 1.807) is 0 Å². The van der Waals surface area contributed by atoms with Gasteiger partial charge < -0.3 is 11.5 Å². The first-order valence-electron chi connectivity index (χ1n) is 19.8. The van der Waals surface area contributed by atoms with Crippen LogP contribution in [0.25, 0.3) is 99.4 Å². The topological polar surface area (TPSA) is 52.0 Å². The van der Waals surface area contributed by atoms with Crippen molar-refractivity contribution < 1.29 is 0 Å². The Labute approximate surface area is 339 Å². The summed E-state index contributed by atoms with van der Waals surface area (Å²) in [6.07, 6.45) is 0. The number of benzene rings is 10. The van der Waals surface area contributed by atoms with E-state index < -0.39 is 0 Å². The van der Waals surface area contributed by atoms with Gasteiger partial charge in [-0.1, -0.05) is 218 Å². The zero-order valence-corrected chi connectivity index (χ0v) is 31.9. The van der Waals surface area contributed by atoms with E-state index in [2.05, 4.69) is 218 Å². The fraction of sp³-hybridized carbons (Fsp3) is 0. The van der Waals surface area contributed by atoms with Crippen molar-refractivity contribution in [3.63, 3.8) is 0 Å². The molecule has 0 saturated carbocycles. The van der Waals surface area contributed by atoms with E-state index in [4.69, 9.17) is 11.5 Å². The van der Waals surface area contributed by atoms with Crippen LogP contribution in [-0.2, 0) is 0 Å². The SMILES string of the molecule is Nc1c(N)c(-c2ccccc2-c2cccc3ccccc23)c(-c2cccc3ccccc23)c(-c2ccccc2-c2ccccc2)c1-c1ccccc1-c1ccccc1. The largest absolute Gasteiger partial charge is 0.397 e. The molecule has 0 aromatic heterocycles. The zero-order valence-electron chi connectivity index (χ0n) is 31.9. The monoisotopic (exact) mass is 740 g/mol. The van der Waals surface area contributed by atoms with Crippen molar-refractivity contribution in [1.82, 2.24) is 0 Å². The molecule has 2 heteroatoms. The Balaban J connectivity index is 1.43. The number of hydrogen-bond acceptors (Lipinski definition) is 2. The zero-order chi connectivity index (χ0) is 39.0. The number of nitrogen functional groups attached to an aromatic ring is 2. The van der Waals surface area contributed by atoms with E-state index in [-0.39, 0.29) is 0 Å². The van der Waals surface area contributed by atoms with Gasteiger partial charge in [0.2, 0.25) is 0 Å². The van der Waals surface area contributed by atoms with Crippen molar-refractivity contribution in [1.29, 1.82) is 0 Å². The summed E-state index contributed by atoms with van der Waals surface area (Å²) in [5.41, 5.74) is 31.1. The quantitative estimate of drug-likeness (QED) is 0.160. The molecule has 0 aliphatic rings. The predicted molar refractivity (Wildman–Crippen MR) is 248 cm³/mol. The molecule has 10 aromatic rings. The van der Waals surface area contributed by atoms with E-state index in [0.717, 1.165) is 88.7 Å². The average molecular weight is 741 g/mol. The van der Waals surface area contributed by atoms with Crippen LogP contribution >= 0.6 is 0 Å². The first-order valence-corrected chi connectivity index (χ1v) is 19.8. The molecule has 58 heavy (non-hydrogen) atoms. The second-order valence-electron chi connectivity index (χ2n) is 14.7. The van der Waals surface area contributed by atoms with Crippen molar-refractivity contribution >= 4 is 32.9 Å². The minimum atomic E-state index is 0.549. The van der Waals surface area contributed by atoms with Crippen LogP contribution in [0.3, 0.4) is 0 Å². The third-order valence-electron chi connectivity index (χ3n) is 11.5. The van der Waals surface area contributed by atoms with Crippen molar-refractivity contribution in [2.45, 2.75) is 0 Å². The summed E-state index contributed by atoms with van der Waals surface area (Å²) >= 11 is 0. The van der Waals surface area contributed by atoms with E-state index in [0.29, 0.717) is 11.4 Å². The molecule has 274 valence electrons. The van der Waals surface area contributed by atoms with Gasteiger partial charge in [0.1, 0.15) is 0 Å². The van der Waals surface area contributed by atoms with Crippen LogP contribution in [0.1, 0.15) is 0 Å². The van der Waals surface area contributed by atoms with Crippen molar-refractivity contribution in [2.75, 3.05) is 11.5 Å². The second kappa shape index (κ2) is 14.8. The number of nitrogens with two attached hydrogens (primary N) is 2. The molecule has 0 unspecified atom stereocenters. The van der Waals surface area contributed by atoms with Gasteiger partial charge in [-0.25, -0.2) is 0 Å². The van der Waals surface area contributed by atoms with Crippen LogP contribution in [0.15, 0.2) is 218 Å².